The second kappa shape index (κ2) is 7.97. The Labute approximate surface area is 141 Å². The molecule has 2 aromatic carbocycles. The van der Waals surface area contributed by atoms with Gasteiger partial charge in [0.05, 0.1) is 11.5 Å². The fourth-order valence-electron chi connectivity index (χ4n) is 2.08. The molecule has 0 spiro atoms. The van der Waals surface area contributed by atoms with Crippen molar-refractivity contribution in [3.63, 3.8) is 0 Å². The molecule has 0 unspecified atom stereocenters. The van der Waals surface area contributed by atoms with Crippen LogP contribution in [0.1, 0.15) is 27.0 Å². The molecule has 0 aliphatic carbocycles. The van der Waals surface area contributed by atoms with Crippen molar-refractivity contribution in [3.8, 4) is 0 Å². The fourth-order valence-corrected chi connectivity index (χ4v) is 2.79. The van der Waals surface area contributed by atoms with E-state index in [-0.39, 0.29) is 17.4 Å². The average molecular weight is 327 g/mol. The zero-order chi connectivity index (χ0) is 16.8. The van der Waals surface area contributed by atoms with Crippen molar-refractivity contribution >= 4 is 29.1 Å². The number of hydrogen-bond donors (Lipinski definition) is 1. The molecule has 0 aliphatic rings. The first-order valence-electron chi connectivity index (χ1n) is 7.50. The first kappa shape index (κ1) is 17.3. The third kappa shape index (κ3) is 5.25. The van der Waals surface area contributed by atoms with E-state index in [9.17, 15) is 9.59 Å². The van der Waals surface area contributed by atoms with E-state index >= 15 is 0 Å². The van der Waals surface area contributed by atoms with Crippen LogP contribution in [0.15, 0.2) is 42.5 Å². The van der Waals surface area contributed by atoms with Gasteiger partial charge < -0.3 is 5.32 Å². The van der Waals surface area contributed by atoms with Crippen LogP contribution >= 0.6 is 11.8 Å². The smallest absolute Gasteiger partial charge is 0.234 e. The van der Waals surface area contributed by atoms with E-state index < -0.39 is 0 Å². The van der Waals surface area contributed by atoms with Crippen molar-refractivity contribution in [2.75, 3.05) is 16.8 Å². The van der Waals surface area contributed by atoms with Crippen LogP contribution in [0.5, 0.6) is 0 Å². The lowest BCUT2D eigenvalue weighted by molar-refractivity contribution is -0.113. The van der Waals surface area contributed by atoms with E-state index in [1.165, 1.54) is 17.3 Å². The minimum atomic E-state index is -0.0880. The molecular formula is C19H21NO2S. The average Bonchev–Trinajstić information content (AvgIpc) is 2.51. The van der Waals surface area contributed by atoms with Crippen molar-refractivity contribution in [3.05, 3.63) is 64.7 Å². The zero-order valence-corrected chi connectivity index (χ0v) is 14.5. The number of thioether (sulfide) groups is 1. The SMILES string of the molecule is Cc1ccc(C(=O)CSCC(=O)Nc2ccc(C)c(C)c2)cc1. The first-order valence-corrected chi connectivity index (χ1v) is 8.66. The van der Waals surface area contributed by atoms with E-state index in [0.29, 0.717) is 11.3 Å². The number of nitrogens with one attached hydrogen (secondary N) is 1. The molecule has 0 aliphatic heterocycles. The van der Waals surface area contributed by atoms with E-state index in [2.05, 4.69) is 5.32 Å². The van der Waals surface area contributed by atoms with Gasteiger partial charge in [-0.25, -0.2) is 0 Å². The summed E-state index contributed by atoms with van der Waals surface area (Å²) < 4.78 is 0. The number of amides is 1. The lowest BCUT2D eigenvalue weighted by Gasteiger charge is -2.07. The lowest BCUT2D eigenvalue weighted by atomic mass is 10.1. The molecule has 3 nitrogen and oxygen atoms in total. The molecule has 0 saturated carbocycles. The molecule has 2 aromatic rings. The Hall–Kier alpha value is -2.07. The van der Waals surface area contributed by atoms with E-state index in [4.69, 9.17) is 0 Å². The molecule has 0 saturated heterocycles. The van der Waals surface area contributed by atoms with Crippen LogP contribution in [0.4, 0.5) is 5.69 Å². The van der Waals surface area contributed by atoms with Gasteiger partial charge in [-0.15, -0.1) is 11.8 Å². The predicted molar refractivity (Wildman–Crippen MR) is 97.4 cm³/mol. The van der Waals surface area contributed by atoms with E-state index in [1.807, 2.05) is 63.2 Å². The predicted octanol–water partition coefficient (Wildman–Crippen LogP) is 4.17. The van der Waals surface area contributed by atoms with Gasteiger partial charge in [0.15, 0.2) is 5.78 Å². The van der Waals surface area contributed by atoms with Gasteiger partial charge in [0.25, 0.3) is 0 Å². The number of aryl methyl sites for hydroxylation is 3. The van der Waals surface area contributed by atoms with Crippen molar-refractivity contribution in [1.82, 2.24) is 0 Å². The highest BCUT2D eigenvalue weighted by Gasteiger charge is 2.08. The van der Waals surface area contributed by atoms with Gasteiger partial charge >= 0.3 is 0 Å². The number of anilines is 1. The topological polar surface area (TPSA) is 46.2 Å². The quantitative estimate of drug-likeness (QED) is 0.810. The Kier molecular flexibility index (Phi) is 5.99. The standard InChI is InChI=1S/C19H21NO2S/c1-13-4-7-16(8-5-13)18(21)11-23-12-19(22)20-17-9-6-14(2)15(3)10-17/h4-10H,11-12H2,1-3H3,(H,20,22). The van der Waals surface area contributed by atoms with Gasteiger partial charge in [0.1, 0.15) is 0 Å². The zero-order valence-electron chi connectivity index (χ0n) is 13.7. The molecule has 1 amide bonds. The number of carbonyl (C=O) groups excluding carboxylic acids is 2. The summed E-state index contributed by atoms with van der Waals surface area (Å²) in [7, 11) is 0. The summed E-state index contributed by atoms with van der Waals surface area (Å²) in [5.74, 6) is 0.539. The van der Waals surface area contributed by atoms with Crippen LogP contribution in [-0.4, -0.2) is 23.2 Å². The van der Waals surface area contributed by atoms with Gasteiger partial charge in [-0.05, 0) is 44.0 Å². The maximum absolute atomic E-state index is 12.0. The van der Waals surface area contributed by atoms with Crippen molar-refractivity contribution in [2.45, 2.75) is 20.8 Å². The summed E-state index contributed by atoms with van der Waals surface area (Å²) in [6.45, 7) is 6.04. The van der Waals surface area contributed by atoms with Gasteiger partial charge in [-0.3, -0.25) is 9.59 Å². The Bertz CT molecular complexity index is 708. The highest BCUT2D eigenvalue weighted by atomic mass is 32.2. The van der Waals surface area contributed by atoms with Crippen LogP contribution < -0.4 is 5.32 Å². The summed E-state index contributed by atoms with van der Waals surface area (Å²) in [6.07, 6.45) is 0. The first-order chi connectivity index (χ1) is 11.0. The highest BCUT2D eigenvalue weighted by molar-refractivity contribution is 8.00. The van der Waals surface area contributed by atoms with Crippen LogP contribution in [0.25, 0.3) is 0 Å². The second-order valence-electron chi connectivity index (χ2n) is 5.63. The summed E-state index contributed by atoms with van der Waals surface area (Å²) in [6, 6.07) is 13.3. The molecule has 0 atom stereocenters. The van der Waals surface area contributed by atoms with Gasteiger partial charge in [0, 0.05) is 11.3 Å². The fraction of sp³-hybridized carbons (Fsp3) is 0.263. The molecule has 1 N–H and O–H groups in total. The van der Waals surface area contributed by atoms with Crippen LogP contribution in [-0.2, 0) is 4.79 Å². The molecule has 0 aromatic heterocycles. The Morgan fingerprint density at radius 3 is 2.26 bits per heavy atom. The van der Waals surface area contributed by atoms with Crippen molar-refractivity contribution < 1.29 is 9.59 Å². The maximum Gasteiger partial charge on any atom is 0.234 e. The van der Waals surface area contributed by atoms with E-state index in [0.717, 1.165) is 16.8 Å². The highest BCUT2D eigenvalue weighted by Crippen LogP contribution is 2.15. The van der Waals surface area contributed by atoms with Gasteiger partial charge in [0.2, 0.25) is 5.91 Å². The Balaban J connectivity index is 1.79. The molecule has 0 heterocycles. The minimum absolute atomic E-state index is 0.0500. The second-order valence-corrected chi connectivity index (χ2v) is 6.61. The normalized spacial score (nSPS) is 10.4. The van der Waals surface area contributed by atoms with Crippen LogP contribution in [0, 0.1) is 20.8 Å². The molecule has 120 valence electrons. The maximum atomic E-state index is 12.0. The Morgan fingerprint density at radius 2 is 1.61 bits per heavy atom. The number of rotatable bonds is 6. The largest absolute Gasteiger partial charge is 0.325 e. The molecule has 2 rings (SSSR count). The number of ketones is 1. The number of hydrogen-bond acceptors (Lipinski definition) is 3. The monoisotopic (exact) mass is 327 g/mol. The third-order valence-corrected chi connectivity index (χ3v) is 4.56. The number of Topliss-reactive ketones (excluding diaryl/α,β-unsaturated/α-hetero) is 1. The van der Waals surface area contributed by atoms with Crippen molar-refractivity contribution in [2.24, 2.45) is 0 Å². The minimum Gasteiger partial charge on any atom is -0.325 e. The molecule has 23 heavy (non-hydrogen) atoms. The summed E-state index contributed by atoms with van der Waals surface area (Å²) in [5, 5.41) is 2.86. The molecular weight excluding hydrogens is 306 g/mol. The van der Waals surface area contributed by atoms with Crippen LogP contribution in [0.3, 0.4) is 0 Å². The van der Waals surface area contributed by atoms with Gasteiger partial charge in [-0.1, -0.05) is 35.9 Å². The number of carbonyl (C=O) groups is 2. The van der Waals surface area contributed by atoms with Crippen molar-refractivity contribution in [1.29, 1.82) is 0 Å². The molecule has 0 bridgehead atoms. The lowest BCUT2D eigenvalue weighted by Crippen LogP contribution is -2.15. The van der Waals surface area contributed by atoms with E-state index in [1.54, 1.807) is 0 Å². The molecule has 0 fully saturated rings. The third-order valence-electron chi connectivity index (χ3n) is 3.63. The summed E-state index contributed by atoms with van der Waals surface area (Å²) >= 11 is 1.33. The van der Waals surface area contributed by atoms with Gasteiger partial charge in [-0.2, -0.15) is 0 Å². The molecule has 4 heteroatoms. The summed E-state index contributed by atoms with van der Waals surface area (Å²) in [4.78, 5) is 24.0. The van der Waals surface area contributed by atoms with Crippen LogP contribution in [0.2, 0.25) is 0 Å². The Morgan fingerprint density at radius 1 is 0.913 bits per heavy atom. The summed E-state index contributed by atoms with van der Waals surface area (Å²) in [5.41, 5.74) is 4.95. The molecule has 0 radical (unpaired) electrons. The number of benzene rings is 2.